The van der Waals surface area contributed by atoms with Gasteiger partial charge in [-0.3, -0.25) is 4.90 Å². The molecule has 3 heterocycles. The van der Waals surface area contributed by atoms with E-state index in [4.69, 9.17) is 4.74 Å². The van der Waals surface area contributed by atoms with Gasteiger partial charge >= 0.3 is 0 Å². The standard InChI is InChI=1S/C13H21N3O2/c17-12-2-4-16-10-11(14-13(16)9-12)1-3-15-5-7-18-8-6-15/h10,12,17H,1-9H2. The molecule has 1 aromatic rings. The SMILES string of the molecule is OC1CCn2cc(CCN3CCOCC3)nc2C1. The number of nitrogens with zero attached hydrogens (tertiary/aromatic N) is 3. The minimum Gasteiger partial charge on any atom is -0.393 e. The fourth-order valence-corrected chi connectivity index (χ4v) is 2.69. The van der Waals surface area contributed by atoms with E-state index in [0.29, 0.717) is 6.42 Å². The Morgan fingerprint density at radius 1 is 1.33 bits per heavy atom. The summed E-state index contributed by atoms with van der Waals surface area (Å²) in [7, 11) is 0. The lowest BCUT2D eigenvalue weighted by molar-refractivity contribution is 0.0383. The third-order valence-electron chi connectivity index (χ3n) is 3.82. The summed E-state index contributed by atoms with van der Waals surface area (Å²) < 4.78 is 7.54. The zero-order chi connectivity index (χ0) is 12.4. The van der Waals surface area contributed by atoms with Crippen molar-refractivity contribution in [3.63, 3.8) is 0 Å². The Morgan fingerprint density at radius 3 is 3.00 bits per heavy atom. The fourth-order valence-electron chi connectivity index (χ4n) is 2.69. The van der Waals surface area contributed by atoms with E-state index < -0.39 is 0 Å². The topological polar surface area (TPSA) is 50.5 Å². The van der Waals surface area contributed by atoms with Crippen LogP contribution in [0.3, 0.4) is 0 Å². The third kappa shape index (κ3) is 2.74. The molecule has 0 aromatic carbocycles. The summed E-state index contributed by atoms with van der Waals surface area (Å²) >= 11 is 0. The van der Waals surface area contributed by atoms with Crippen molar-refractivity contribution in [3.8, 4) is 0 Å². The molecule has 0 radical (unpaired) electrons. The normalized spacial score (nSPS) is 25.1. The highest BCUT2D eigenvalue weighted by Crippen LogP contribution is 2.15. The summed E-state index contributed by atoms with van der Waals surface area (Å²) in [6, 6.07) is 0. The zero-order valence-electron chi connectivity index (χ0n) is 10.7. The predicted octanol–water partition coefficient (Wildman–Crippen LogP) is 0.0649. The highest BCUT2D eigenvalue weighted by atomic mass is 16.5. The van der Waals surface area contributed by atoms with Crippen LogP contribution in [0.2, 0.25) is 0 Å². The molecule has 5 heteroatoms. The van der Waals surface area contributed by atoms with E-state index in [1.807, 2.05) is 0 Å². The molecule has 2 aliphatic heterocycles. The van der Waals surface area contributed by atoms with Gasteiger partial charge in [0.1, 0.15) is 5.82 Å². The Labute approximate surface area is 107 Å². The molecule has 0 saturated carbocycles. The maximum absolute atomic E-state index is 9.62. The predicted molar refractivity (Wildman–Crippen MR) is 67.5 cm³/mol. The number of fused-ring (bicyclic) bond motifs is 1. The smallest absolute Gasteiger partial charge is 0.111 e. The molecule has 1 atom stereocenters. The van der Waals surface area contributed by atoms with Crippen molar-refractivity contribution < 1.29 is 9.84 Å². The first-order chi connectivity index (χ1) is 8.81. The minimum atomic E-state index is -0.202. The van der Waals surface area contributed by atoms with Gasteiger partial charge in [0, 0.05) is 45.2 Å². The van der Waals surface area contributed by atoms with Crippen LogP contribution >= 0.6 is 0 Å². The maximum atomic E-state index is 9.62. The summed E-state index contributed by atoms with van der Waals surface area (Å²) in [5.41, 5.74) is 1.16. The molecular weight excluding hydrogens is 230 g/mol. The van der Waals surface area contributed by atoms with Gasteiger partial charge in [-0.25, -0.2) is 4.98 Å². The number of hydrogen-bond acceptors (Lipinski definition) is 4. The van der Waals surface area contributed by atoms with Gasteiger partial charge in [-0.05, 0) is 6.42 Å². The molecule has 18 heavy (non-hydrogen) atoms. The fraction of sp³-hybridized carbons (Fsp3) is 0.769. The van der Waals surface area contributed by atoms with Crippen molar-refractivity contribution in [2.75, 3.05) is 32.8 Å². The minimum absolute atomic E-state index is 0.202. The van der Waals surface area contributed by atoms with Crippen LogP contribution in [0, 0.1) is 0 Å². The Balaban J connectivity index is 1.56. The molecule has 0 aliphatic carbocycles. The van der Waals surface area contributed by atoms with Crippen LogP contribution in [-0.2, 0) is 24.1 Å². The summed E-state index contributed by atoms with van der Waals surface area (Å²) in [6.07, 6.45) is 4.51. The summed E-state index contributed by atoms with van der Waals surface area (Å²) in [5.74, 6) is 1.05. The molecular formula is C13H21N3O2. The highest BCUT2D eigenvalue weighted by Gasteiger charge is 2.19. The Kier molecular flexibility index (Phi) is 3.63. The lowest BCUT2D eigenvalue weighted by Gasteiger charge is -2.26. The molecule has 2 aliphatic rings. The van der Waals surface area contributed by atoms with Crippen molar-refractivity contribution in [3.05, 3.63) is 17.7 Å². The molecule has 1 saturated heterocycles. The number of morpholine rings is 1. The average Bonchev–Trinajstić information content (AvgIpc) is 2.79. The molecule has 0 amide bonds. The second-order valence-electron chi connectivity index (χ2n) is 5.19. The van der Waals surface area contributed by atoms with E-state index in [9.17, 15) is 5.11 Å². The third-order valence-corrected chi connectivity index (χ3v) is 3.82. The second kappa shape index (κ2) is 5.38. The highest BCUT2D eigenvalue weighted by molar-refractivity contribution is 5.07. The zero-order valence-corrected chi connectivity index (χ0v) is 10.7. The molecule has 1 aromatic heterocycles. The number of aryl methyl sites for hydroxylation is 1. The molecule has 3 rings (SSSR count). The van der Waals surface area contributed by atoms with E-state index in [-0.39, 0.29) is 6.10 Å². The number of ether oxygens (including phenoxy) is 1. The first kappa shape index (κ1) is 12.1. The van der Waals surface area contributed by atoms with Crippen LogP contribution in [0.5, 0.6) is 0 Å². The van der Waals surface area contributed by atoms with E-state index in [2.05, 4.69) is 20.6 Å². The molecule has 1 unspecified atom stereocenters. The van der Waals surface area contributed by atoms with Crippen LogP contribution in [0.1, 0.15) is 17.9 Å². The first-order valence-corrected chi connectivity index (χ1v) is 6.84. The summed E-state index contributed by atoms with van der Waals surface area (Å²) in [4.78, 5) is 7.06. The van der Waals surface area contributed by atoms with Crippen LogP contribution in [0.15, 0.2) is 6.20 Å². The van der Waals surface area contributed by atoms with Crippen molar-refractivity contribution in [2.24, 2.45) is 0 Å². The van der Waals surface area contributed by atoms with E-state index >= 15 is 0 Å². The Morgan fingerprint density at radius 2 is 2.17 bits per heavy atom. The van der Waals surface area contributed by atoms with Gasteiger partial charge in [-0.15, -0.1) is 0 Å². The number of rotatable bonds is 3. The maximum Gasteiger partial charge on any atom is 0.111 e. The molecule has 0 bridgehead atoms. The summed E-state index contributed by atoms with van der Waals surface area (Å²) in [5, 5.41) is 9.62. The number of aliphatic hydroxyl groups excluding tert-OH is 1. The van der Waals surface area contributed by atoms with E-state index in [0.717, 1.165) is 63.8 Å². The van der Waals surface area contributed by atoms with Gasteiger partial charge in [-0.2, -0.15) is 0 Å². The number of imidazole rings is 1. The Hall–Kier alpha value is -0.910. The van der Waals surface area contributed by atoms with Gasteiger partial charge in [0.2, 0.25) is 0 Å². The lowest BCUT2D eigenvalue weighted by atomic mass is 10.1. The first-order valence-electron chi connectivity index (χ1n) is 6.84. The molecule has 1 fully saturated rings. The lowest BCUT2D eigenvalue weighted by Crippen LogP contribution is -2.37. The van der Waals surface area contributed by atoms with Gasteiger partial charge in [0.25, 0.3) is 0 Å². The monoisotopic (exact) mass is 251 g/mol. The van der Waals surface area contributed by atoms with Crippen LogP contribution < -0.4 is 0 Å². The largest absolute Gasteiger partial charge is 0.393 e. The molecule has 1 N–H and O–H groups in total. The molecule has 100 valence electrons. The number of aromatic nitrogens is 2. The van der Waals surface area contributed by atoms with Gasteiger partial charge in [0.15, 0.2) is 0 Å². The average molecular weight is 251 g/mol. The van der Waals surface area contributed by atoms with Crippen LogP contribution in [0.4, 0.5) is 0 Å². The number of aliphatic hydroxyl groups is 1. The van der Waals surface area contributed by atoms with Gasteiger partial charge in [0.05, 0.1) is 25.0 Å². The van der Waals surface area contributed by atoms with Gasteiger partial charge in [-0.1, -0.05) is 0 Å². The molecule has 0 spiro atoms. The number of hydrogen-bond donors (Lipinski definition) is 1. The van der Waals surface area contributed by atoms with Crippen LogP contribution in [-0.4, -0.2) is 58.5 Å². The van der Waals surface area contributed by atoms with Crippen molar-refractivity contribution in [1.82, 2.24) is 14.5 Å². The molecule has 5 nitrogen and oxygen atoms in total. The van der Waals surface area contributed by atoms with Crippen LogP contribution in [0.25, 0.3) is 0 Å². The summed E-state index contributed by atoms with van der Waals surface area (Å²) in [6.45, 7) is 5.74. The Bertz CT molecular complexity index is 399. The van der Waals surface area contributed by atoms with Gasteiger partial charge < -0.3 is 14.4 Å². The van der Waals surface area contributed by atoms with E-state index in [1.165, 1.54) is 0 Å². The second-order valence-corrected chi connectivity index (χ2v) is 5.19. The van der Waals surface area contributed by atoms with Crippen molar-refractivity contribution >= 4 is 0 Å². The van der Waals surface area contributed by atoms with E-state index in [1.54, 1.807) is 0 Å². The quantitative estimate of drug-likeness (QED) is 0.825. The van der Waals surface area contributed by atoms with Crippen molar-refractivity contribution in [2.45, 2.75) is 31.9 Å². The van der Waals surface area contributed by atoms with Crippen molar-refractivity contribution in [1.29, 1.82) is 0 Å².